The first-order valence-corrected chi connectivity index (χ1v) is 30.5. The Kier molecular flexibility index (Phi) is 11.1. The molecule has 0 N–H and O–H groups in total. The summed E-state index contributed by atoms with van der Waals surface area (Å²) in [6, 6.07) is 91.2. The molecule has 0 spiro atoms. The van der Waals surface area contributed by atoms with Crippen LogP contribution in [-0.4, -0.2) is 6.85 Å². The van der Waals surface area contributed by atoms with E-state index < -0.39 is 5.41 Å². The molecule has 11 aromatic carbocycles. The second kappa shape index (κ2) is 18.4. The Hall–Kier alpha value is -8.64. The number of benzene rings is 11. The fourth-order valence-corrected chi connectivity index (χ4v) is 16.4. The lowest BCUT2D eigenvalue weighted by Gasteiger charge is -2.52. The van der Waals surface area contributed by atoms with Gasteiger partial charge in [-0.1, -0.05) is 205 Å². The summed E-state index contributed by atoms with van der Waals surface area (Å²) >= 11 is 1.93. The lowest BCUT2D eigenvalue weighted by Crippen LogP contribution is -2.62. The summed E-state index contributed by atoms with van der Waals surface area (Å²) in [6.07, 6.45) is 5.74. The molecule has 4 aliphatic rings. The van der Waals surface area contributed by atoms with Gasteiger partial charge in [0.05, 0.1) is 11.1 Å². The summed E-state index contributed by atoms with van der Waals surface area (Å²) in [7, 11) is 0. The monoisotopic (exact) mass is 1070 g/mol. The maximum atomic E-state index is 2.79. The van der Waals surface area contributed by atoms with Gasteiger partial charge in [-0.2, -0.15) is 0 Å². The Morgan fingerprint density at radius 1 is 0.500 bits per heavy atom. The van der Waals surface area contributed by atoms with E-state index in [0.29, 0.717) is 0 Å². The zero-order valence-corrected chi connectivity index (χ0v) is 48.2. The van der Waals surface area contributed by atoms with Crippen LogP contribution in [0.4, 0.5) is 45.5 Å². The van der Waals surface area contributed by atoms with Gasteiger partial charge in [0.2, 0.25) is 0 Å². The van der Waals surface area contributed by atoms with Crippen molar-refractivity contribution in [3.63, 3.8) is 0 Å². The summed E-state index contributed by atoms with van der Waals surface area (Å²) < 4.78 is 2.61. The number of para-hydroxylation sites is 2. The summed E-state index contributed by atoms with van der Waals surface area (Å²) in [5.74, 6) is 0. The van der Waals surface area contributed by atoms with Crippen LogP contribution in [0, 0.1) is 0 Å². The Balaban J connectivity index is 1.06. The van der Waals surface area contributed by atoms with E-state index in [2.05, 4.69) is 286 Å². The van der Waals surface area contributed by atoms with E-state index in [4.69, 9.17) is 0 Å². The molecule has 5 heteroatoms. The Morgan fingerprint density at radius 3 is 1.88 bits per heavy atom. The normalized spacial score (nSPS) is 15.6. The largest absolute Gasteiger partial charge is 0.376 e. The minimum Gasteiger partial charge on any atom is -0.376 e. The van der Waals surface area contributed by atoms with Gasteiger partial charge < -0.3 is 14.6 Å². The first kappa shape index (κ1) is 49.2. The molecule has 0 amide bonds. The molecule has 0 saturated heterocycles. The van der Waals surface area contributed by atoms with Crippen molar-refractivity contribution in [1.82, 2.24) is 0 Å². The van der Waals surface area contributed by atoms with Crippen LogP contribution in [0.25, 0.3) is 42.1 Å². The first-order chi connectivity index (χ1) is 40.1. The standard InChI is InChI=1S/C77H64BN3S/c1-6-7-22-50-35-37-56(38-36-50)79(55-29-15-10-16-30-55)57-39-41-59-66(48-57)81(58-40-42-61-63(47-58)76(4,5)44-43-75(61,2)3)78-65-33-21-32-62-74(65)80(68-49-70-71(72(59)73(68)78)60-31-19-20-34-69(60)82-70)67-46-52-24-18-17-23-51(52)45-64(67)77(62,53-25-11-8-12-26-53)54-27-13-9-14-28-54/h8-21,23-42,45-49H,6-7,22,43-44H2,1-5H3. The highest BCUT2D eigenvalue weighted by Gasteiger charge is 2.54. The molecule has 0 unspecified atom stereocenters. The number of rotatable bonds is 9. The van der Waals surface area contributed by atoms with Crippen molar-refractivity contribution >= 4 is 106 Å². The van der Waals surface area contributed by atoms with Gasteiger partial charge in [-0.15, -0.1) is 11.3 Å². The van der Waals surface area contributed by atoms with E-state index in [9.17, 15) is 0 Å². The minimum absolute atomic E-state index is 0.00766. The summed E-state index contributed by atoms with van der Waals surface area (Å²) in [5, 5.41) is 5.12. The van der Waals surface area contributed by atoms with Crippen molar-refractivity contribution in [2.24, 2.45) is 0 Å². The molecular formula is C77H64BN3S. The number of hydrogen-bond donors (Lipinski definition) is 0. The minimum atomic E-state index is -0.667. The van der Waals surface area contributed by atoms with Gasteiger partial charge in [-0.05, 0) is 176 Å². The third kappa shape index (κ3) is 7.15. The Morgan fingerprint density at radius 2 is 1.15 bits per heavy atom. The fraction of sp³-hybridized carbons (Fsp3) is 0.169. The molecule has 0 atom stereocenters. The van der Waals surface area contributed by atoms with E-state index in [1.807, 2.05) is 11.3 Å². The smallest absolute Gasteiger partial charge is 0.333 e. The third-order valence-electron chi connectivity index (χ3n) is 19.3. The molecule has 396 valence electrons. The molecule has 0 saturated carbocycles. The van der Waals surface area contributed by atoms with Crippen molar-refractivity contribution in [3.05, 3.63) is 276 Å². The van der Waals surface area contributed by atoms with Crippen molar-refractivity contribution in [2.75, 3.05) is 14.6 Å². The van der Waals surface area contributed by atoms with Crippen LogP contribution >= 0.6 is 11.3 Å². The molecule has 4 heterocycles. The molecule has 3 aliphatic heterocycles. The van der Waals surface area contributed by atoms with Crippen molar-refractivity contribution < 1.29 is 0 Å². The molecule has 0 fully saturated rings. The van der Waals surface area contributed by atoms with Crippen LogP contribution in [0.1, 0.15) is 99.2 Å². The van der Waals surface area contributed by atoms with E-state index in [1.54, 1.807) is 0 Å². The predicted octanol–water partition coefficient (Wildman–Crippen LogP) is 19.8. The maximum Gasteiger partial charge on any atom is 0.333 e. The predicted molar refractivity (Wildman–Crippen MR) is 351 cm³/mol. The molecule has 12 aromatic rings. The van der Waals surface area contributed by atoms with Gasteiger partial charge in [-0.3, -0.25) is 0 Å². The number of aryl methyl sites for hydroxylation is 1. The van der Waals surface area contributed by atoms with Crippen LogP contribution in [0.2, 0.25) is 0 Å². The zero-order chi connectivity index (χ0) is 55.1. The molecule has 3 nitrogen and oxygen atoms in total. The molecule has 82 heavy (non-hydrogen) atoms. The highest BCUT2D eigenvalue weighted by atomic mass is 32.1. The van der Waals surface area contributed by atoms with E-state index in [0.717, 1.165) is 36.3 Å². The van der Waals surface area contributed by atoms with Gasteiger partial charge in [-0.25, -0.2) is 0 Å². The van der Waals surface area contributed by atoms with Crippen LogP contribution in [-0.2, 0) is 22.7 Å². The van der Waals surface area contributed by atoms with Gasteiger partial charge >= 0.3 is 6.85 Å². The number of fused-ring (bicyclic) bond motifs is 12. The number of unbranched alkanes of at least 4 members (excludes halogenated alkanes) is 1. The Bertz CT molecular complexity index is 4480. The van der Waals surface area contributed by atoms with E-state index >= 15 is 0 Å². The highest BCUT2D eigenvalue weighted by Crippen LogP contribution is 2.61. The highest BCUT2D eigenvalue weighted by molar-refractivity contribution is 7.26. The lowest BCUT2D eigenvalue weighted by molar-refractivity contribution is 0.332. The van der Waals surface area contributed by atoms with Crippen LogP contribution in [0.15, 0.2) is 237 Å². The SMILES string of the molecule is CCCCc1ccc(N(c2ccccc2)c2ccc3c(c2)N(c2ccc4c(c2)C(C)(C)CCC4(C)C)B2c4cccc5c4N(c4cc6ccccc6cc4C5(c4ccccc4)c4ccccc4)c4cc5sc6ccccc6c5c-3c42)cc1. The van der Waals surface area contributed by atoms with Crippen molar-refractivity contribution in [1.29, 1.82) is 0 Å². The molecule has 0 bridgehead atoms. The van der Waals surface area contributed by atoms with Gasteiger partial charge in [0.15, 0.2) is 0 Å². The Labute approximate surface area is 486 Å². The quantitative estimate of drug-likeness (QED) is 0.133. The second-order valence-electron chi connectivity index (χ2n) is 24.8. The summed E-state index contributed by atoms with van der Waals surface area (Å²) in [6.45, 7) is 11.9. The van der Waals surface area contributed by atoms with Gasteiger partial charge in [0.25, 0.3) is 0 Å². The molecule has 0 radical (unpaired) electrons. The molecule has 16 rings (SSSR count). The number of thiophene rings is 1. The first-order valence-electron chi connectivity index (χ1n) is 29.7. The average molecular weight is 1070 g/mol. The van der Waals surface area contributed by atoms with E-state index in [1.165, 1.54) is 133 Å². The maximum absolute atomic E-state index is 2.79. The van der Waals surface area contributed by atoms with Crippen molar-refractivity contribution in [3.8, 4) is 11.1 Å². The molecule has 1 aliphatic carbocycles. The summed E-state index contributed by atoms with van der Waals surface area (Å²) in [5.41, 5.74) is 23.6. The third-order valence-corrected chi connectivity index (χ3v) is 20.4. The van der Waals surface area contributed by atoms with Crippen LogP contribution < -0.4 is 25.5 Å². The topological polar surface area (TPSA) is 9.72 Å². The van der Waals surface area contributed by atoms with Crippen LogP contribution in [0.5, 0.6) is 0 Å². The molecular weight excluding hydrogens is 1010 g/mol. The van der Waals surface area contributed by atoms with Gasteiger partial charge in [0.1, 0.15) is 0 Å². The summed E-state index contributed by atoms with van der Waals surface area (Å²) in [4.78, 5) is 7.98. The second-order valence-corrected chi connectivity index (χ2v) is 25.9. The average Bonchev–Trinajstić information content (AvgIpc) is 1.60. The molecule has 1 aromatic heterocycles. The number of hydrogen-bond acceptors (Lipinski definition) is 4. The lowest BCUT2D eigenvalue weighted by atomic mass is 9.42. The number of anilines is 8. The fourth-order valence-electron chi connectivity index (χ4n) is 15.2. The van der Waals surface area contributed by atoms with Crippen molar-refractivity contribution in [2.45, 2.75) is 83.0 Å². The number of nitrogens with zero attached hydrogens (tertiary/aromatic N) is 3. The van der Waals surface area contributed by atoms with Gasteiger partial charge in [0, 0.05) is 65.5 Å². The van der Waals surface area contributed by atoms with Crippen LogP contribution in [0.3, 0.4) is 0 Å². The zero-order valence-electron chi connectivity index (χ0n) is 47.4. The van der Waals surface area contributed by atoms with E-state index in [-0.39, 0.29) is 17.7 Å².